The van der Waals surface area contributed by atoms with Gasteiger partial charge in [-0.3, -0.25) is 0 Å². The quantitative estimate of drug-likeness (QED) is 0.373. The average Bonchev–Trinajstić information content (AvgIpc) is 2.19. The van der Waals surface area contributed by atoms with Gasteiger partial charge in [-0.15, -0.1) is 0 Å². The van der Waals surface area contributed by atoms with Gasteiger partial charge in [0.15, 0.2) is 0 Å². The highest BCUT2D eigenvalue weighted by Gasteiger charge is 2.54. The van der Waals surface area contributed by atoms with E-state index in [0.29, 0.717) is 5.41 Å². The van der Waals surface area contributed by atoms with E-state index in [1.54, 1.807) is 0 Å². The fourth-order valence-electron chi connectivity index (χ4n) is 1.17. The molecule has 1 aliphatic rings. The van der Waals surface area contributed by atoms with Crippen LogP contribution in [-0.2, 0) is 0 Å². The van der Waals surface area contributed by atoms with E-state index in [9.17, 15) is 0 Å². The summed E-state index contributed by atoms with van der Waals surface area (Å²) in [7, 11) is 0. The van der Waals surface area contributed by atoms with E-state index in [0.717, 1.165) is 9.84 Å². The van der Waals surface area contributed by atoms with Crippen LogP contribution in [0.4, 0.5) is 0 Å². The Labute approximate surface area is 70.9 Å². The lowest BCUT2D eigenvalue weighted by Gasteiger charge is -1.94. The van der Waals surface area contributed by atoms with E-state index in [2.05, 4.69) is 55.5 Å². The first-order valence-electron chi connectivity index (χ1n) is 3.37. The van der Waals surface area contributed by atoms with Crippen molar-refractivity contribution in [2.75, 3.05) is 0 Å². The third kappa shape index (κ3) is 1.16. The molecular formula is C8H13I. The van der Waals surface area contributed by atoms with Crippen LogP contribution in [0.1, 0.15) is 20.8 Å². The first-order valence-corrected chi connectivity index (χ1v) is 4.62. The minimum atomic E-state index is 0.576. The van der Waals surface area contributed by atoms with Crippen molar-refractivity contribution in [1.29, 1.82) is 0 Å². The summed E-state index contributed by atoms with van der Waals surface area (Å²) in [4.78, 5) is 0. The summed E-state index contributed by atoms with van der Waals surface area (Å²) in [5.74, 6) is 0.836. The Bertz CT molecular complexity index is 136. The zero-order chi connectivity index (χ0) is 7.07. The van der Waals surface area contributed by atoms with Crippen LogP contribution in [0.2, 0.25) is 0 Å². The number of rotatable bonds is 1. The molecular weight excluding hydrogens is 223 g/mol. The molecule has 9 heavy (non-hydrogen) atoms. The number of allylic oxidation sites excluding steroid dienone is 2. The summed E-state index contributed by atoms with van der Waals surface area (Å²) in [6.45, 7) is 6.75. The van der Waals surface area contributed by atoms with Crippen LogP contribution >= 0.6 is 22.6 Å². The van der Waals surface area contributed by atoms with Gasteiger partial charge in [0.25, 0.3) is 0 Å². The molecule has 0 aromatic carbocycles. The summed E-state index contributed by atoms with van der Waals surface area (Å²) in [5, 5.41) is 0. The Balaban J connectivity index is 2.52. The third-order valence-electron chi connectivity index (χ3n) is 2.18. The molecule has 2 atom stereocenters. The fourth-order valence-corrected chi connectivity index (χ4v) is 2.54. The lowest BCUT2D eigenvalue weighted by molar-refractivity contribution is 0.614. The monoisotopic (exact) mass is 236 g/mol. The van der Waals surface area contributed by atoms with Gasteiger partial charge in [-0.05, 0) is 18.3 Å². The van der Waals surface area contributed by atoms with Crippen LogP contribution in [0.3, 0.4) is 0 Å². The molecule has 1 fully saturated rings. The van der Waals surface area contributed by atoms with Crippen LogP contribution in [0, 0.1) is 11.3 Å². The number of alkyl halides is 1. The molecule has 0 amide bonds. The predicted octanol–water partition coefficient (Wildman–Crippen LogP) is 3.02. The van der Waals surface area contributed by atoms with Gasteiger partial charge in [-0.25, -0.2) is 0 Å². The van der Waals surface area contributed by atoms with E-state index in [-0.39, 0.29) is 0 Å². The molecule has 0 heterocycles. The Morgan fingerprint density at radius 2 is 1.89 bits per heavy atom. The summed E-state index contributed by atoms with van der Waals surface area (Å²) < 4.78 is 0.867. The first kappa shape index (κ1) is 7.58. The van der Waals surface area contributed by atoms with Crippen molar-refractivity contribution >= 4 is 22.6 Å². The molecule has 0 saturated heterocycles. The predicted molar refractivity (Wildman–Crippen MR) is 49.9 cm³/mol. The fraction of sp³-hybridized carbons (Fsp3) is 0.750. The molecule has 0 aromatic rings. The van der Waals surface area contributed by atoms with Crippen molar-refractivity contribution in [1.82, 2.24) is 0 Å². The Hall–Kier alpha value is 0.470. The Kier molecular flexibility index (Phi) is 1.90. The summed E-state index contributed by atoms with van der Waals surface area (Å²) in [6.07, 6.45) is 4.47. The van der Waals surface area contributed by atoms with Crippen molar-refractivity contribution in [3.05, 3.63) is 12.2 Å². The van der Waals surface area contributed by atoms with Gasteiger partial charge < -0.3 is 0 Å². The molecule has 1 saturated carbocycles. The topological polar surface area (TPSA) is 0 Å². The number of hydrogen-bond acceptors (Lipinski definition) is 0. The molecule has 1 heteroatoms. The van der Waals surface area contributed by atoms with Crippen LogP contribution in [-0.4, -0.2) is 3.92 Å². The highest BCUT2D eigenvalue weighted by Crippen LogP contribution is 2.57. The third-order valence-corrected chi connectivity index (χ3v) is 4.56. The minimum Gasteiger partial charge on any atom is -0.0913 e. The van der Waals surface area contributed by atoms with E-state index in [1.165, 1.54) is 0 Å². The molecule has 0 radical (unpaired) electrons. The Morgan fingerprint density at radius 3 is 2.00 bits per heavy atom. The molecule has 2 unspecified atom stereocenters. The van der Waals surface area contributed by atoms with Crippen LogP contribution in [0.25, 0.3) is 0 Å². The highest BCUT2D eigenvalue weighted by molar-refractivity contribution is 14.1. The number of hydrogen-bond donors (Lipinski definition) is 0. The molecule has 52 valence electrons. The molecule has 0 N–H and O–H groups in total. The van der Waals surface area contributed by atoms with Gasteiger partial charge in [0.1, 0.15) is 0 Å². The molecule has 0 aliphatic heterocycles. The highest BCUT2D eigenvalue weighted by atomic mass is 127. The maximum atomic E-state index is 2.53. The van der Waals surface area contributed by atoms with E-state index in [4.69, 9.17) is 0 Å². The van der Waals surface area contributed by atoms with Crippen LogP contribution in [0.5, 0.6) is 0 Å². The van der Waals surface area contributed by atoms with E-state index >= 15 is 0 Å². The number of halogens is 1. The Morgan fingerprint density at radius 1 is 1.44 bits per heavy atom. The molecule has 1 rings (SSSR count). The second kappa shape index (κ2) is 2.26. The standard InChI is InChI=1S/C8H13I/c1-4-5-6-7(9)8(6,2)3/h4-7H,1-3H3/b5-4+. The van der Waals surface area contributed by atoms with Gasteiger partial charge >= 0.3 is 0 Å². The molecule has 0 aromatic heterocycles. The van der Waals surface area contributed by atoms with E-state index in [1.807, 2.05) is 0 Å². The normalized spacial score (nSPS) is 39.6. The summed E-state index contributed by atoms with van der Waals surface area (Å²) in [6, 6.07) is 0. The largest absolute Gasteiger partial charge is 0.0913 e. The lowest BCUT2D eigenvalue weighted by Crippen LogP contribution is -1.87. The second-order valence-corrected chi connectivity index (χ2v) is 4.62. The molecule has 0 nitrogen and oxygen atoms in total. The minimum absolute atomic E-state index is 0.576. The van der Waals surface area contributed by atoms with Crippen molar-refractivity contribution in [3.63, 3.8) is 0 Å². The maximum absolute atomic E-state index is 2.53. The zero-order valence-electron chi connectivity index (χ0n) is 6.19. The molecule has 0 bridgehead atoms. The SMILES string of the molecule is C/C=C/C1C(I)C1(C)C. The summed E-state index contributed by atoms with van der Waals surface area (Å²) >= 11 is 2.53. The molecule has 0 spiro atoms. The van der Waals surface area contributed by atoms with Crippen LogP contribution in [0.15, 0.2) is 12.2 Å². The van der Waals surface area contributed by atoms with Crippen molar-refractivity contribution in [3.8, 4) is 0 Å². The van der Waals surface area contributed by atoms with Gasteiger partial charge in [0, 0.05) is 3.92 Å². The van der Waals surface area contributed by atoms with Crippen molar-refractivity contribution in [2.45, 2.75) is 24.7 Å². The van der Waals surface area contributed by atoms with Gasteiger partial charge in [-0.1, -0.05) is 48.6 Å². The van der Waals surface area contributed by atoms with Gasteiger partial charge in [0.05, 0.1) is 0 Å². The van der Waals surface area contributed by atoms with Crippen LogP contribution < -0.4 is 0 Å². The smallest absolute Gasteiger partial charge is 0.0235 e. The van der Waals surface area contributed by atoms with Gasteiger partial charge in [0.2, 0.25) is 0 Å². The van der Waals surface area contributed by atoms with Gasteiger partial charge in [-0.2, -0.15) is 0 Å². The zero-order valence-corrected chi connectivity index (χ0v) is 8.34. The average molecular weight is 236 g/mol. The van der Waals surface area contributed by atoms with Crippen molar-refractivity contribution in [2.24, 2.45) is 11.3 Å². The summed E-state index contributed by atoms with van der Waals surface area (Å²) in [5.41, 5.74) is 0.576. The first-order chi connectivity index (χ1) is 4.10. The van der Waals surface area contributed by atoms with Crippen molar-refractivity contribution < 1.29 is 0 Å². The maximum Gasteiger partial charge on any atom is 0.0235 e. The molecule has 1 aliphatic carbocycles. The van der Waals surface area contributed by atoms with E-state index < -0.39 is 0 Å². The lowest BCUT2D eigenvalue weighted by atomic mass is 10.1. The second-order valence-electron chi connectivity index (χ2n) is 3.27.